The molecule has 0 fully saturated rings. The second-order valence-corrected chi connectivity index (χ2v) is 5.39. The number of nitriles is 1. The highest BCUT2D eigenvalue weighted by Crippen LogP contribution is 2.20. The van der Waals surface area contributed by atoms with Crippen molar-refractivity contribution in [1.82, 2.24) is 5.32 Å². The lowest BCUT2D eigenvalue weighted by molar-refractivity contribution is 0.373. The molecule has 1 atom stereocenters. The van der Waals surface area contributed by atoms with Crippen LogP contribution >= 0.6 is 0 Å². The Labute approximate surface area is 123 Å². The molecule has 0 saturated carbocycles. The van der Waals surface area contributed by atoms with Gasteiger partial charge in [-0.1, -0.05) is 32.0 Å². The van der Waals surface area contributed by atoms with Crippen LogP contribution in [0.4, 0.5) is 5.69 Å². The number of benzene rings is 1. The van der Waals surface area contributed by atoms with Crippen molar-refractivity contribution in [3.63, 3.8) is 0 Å². The molecule has 1 unspecified atom stereocenters. The molecule has 3 heteroatoms. The van der Waals surface area contributed by atoms with E-state index in [1.54, 1.807) is 0 Å². The van der Waals surface area contributed by atoms with Gasteiger partial charge in [-0.3, -0.25) is 5.32 Å². The van der Waals surface area contributed by atoms with E-state index >= 15 is 0 Å². The van der Waals surface area contributed by atoms with Crippen molar-refractivity contribution in [1.29, 1.82) is 5.26 Å². The Morgan fingerprint density at radius 2 is 2.00 bits per heavy atom. The van der Waals surface area contributed by atoms with E-state index in [1.165, 1.54) is 11.3 Å². The summed E-state index contributed by atoms with van der Waals surface area (Å²) in [4.78, 5) is 2.28. The van der Waals surface area contributed by atoms with Crippen LogP contribution in [0, 0.1) is 18.3 Å². The third-order valence-electron chi connectivity index (χ3n) is 3.96. The molecule has 1 aromatic carbocycles. The van der Waals surface area contributed by atoms with Gasteiger partial charge < -0.3 is 4.90 Å². The Morgan fingerprint density at radius 1 is 1.30 bits per heavy atom. The summed E-state index contributed by atoms with van der Waals surface area (Å²) in [5, 5.41) is 12.7. The first-order chi connectivity index (χ1) is 9.58. The summed E-state index contributed by atoms with van der Waals surface area (Å²) >= 11 is 0. The van der Waals surface area contributed by atoms with E-state index in [9.17, 15) is 5.26 Å². The quantitative estimate of drug-likeness (QED) is 0.788. The van der Waals surface area contributed by atoms with Crippen LogP contribution in [0.1, 0.15) is 38.7 Å². The average Bonchev–Trinajstić information content (AvgIpc) is 2.46. The van der Waals surface area contributed by atoms with Crippen LogP contribution in [0.2, 0.25) is 0 Å². The largest absolute Gasteiger partial charge is 0.374 e. The summed E-state index contributed by atoms with van der Waals surface area (Å²) in [6, 6.07) is 10.9. The van der Waals surface area contributed by atoms with E-state index in [4.69, 9.17) is 0 Å². The van der Waals surface area contributed by atoms with Crippen molar-refractivity contribution in [2.75, 3.05) is 25.0 Å². The minimum atomic E-state index is -0.360. The summed E-state index contributed by atoms with van der Waals surface area (Å²) < 4.78 is 0. The summed E-state index contributed by atoms with van der Waals surface area (Å²) in [5.41, 5.74) is 2.21. The third kappa shape index (κ3) is 4.25. The predicted octanol–water partition coefficient (Wildman–Crippen LogP) is 3.49. The van der Waals surface area contributed by atoms with Crippen LogP contribution in [0.25, 0.3) is 0 Å². The maximum absolute atomic E-state index is 9.41. The fraction of sp³-hybridized carbons (Fsp3) is 0.588. The Bertz CT molecular complexity index is 450. The fourth-order valence-corrected chi connectivity index (χ4v) is 2.63. The van der Waals surface area contributed by atoms with E-state index in [1.807, 2.05) is 0 Å². The molecule has 1 rings (SSSR count). The maximum Gasteiger partial charge on any atom is 0.106 e. The van der Waals surface area contributed by atoms with Gasteiger partial charge in [0.05, 0.1) is 6.07 Å². The Morgan fingerprint density at radius 3 is 2.55 bits per heavy atom. The molecule has 110 valence electrons. The van der Waals surface area contributed by atoms with Crippen LogP contribution in [-0.4, -0.2) is 25.7 Å². The molecule has 0 aliphatic heterocycles. The standard InChI is InChI=1S/C17H27N3/c1-5-17(14-18,19-6-2)12-9-13-20(4)16-11-8-7-10-15(16)3/h7-8,10-11,19H,5-6,9,12-13H2,1-4H3. The molecular formula is C17H27N3. The summed E-state index contributed by atoms with van der Waals surface area (Å²) in [6.45, 7) is 8.09. The van der Waals surface area contributed by atoms with E-state index in [0.717, 1.165) is 32.4 Å². The van der Waals surface area contributed by atoms with Crippen molar-refractivity contribution in [3.8, 4) is 6.07 Å². The van der Waals surface area contributed by atoms with Gasteiger partial charge in [-0.05, 0) is 44.4 Å². The van der Waals surface area contributed by atoms with Crippen LogP contribution in [0.15, 0.2) is 24.3 Å². The molecule has 0 aromatic heterocycles. The number of hydrogen-bond donors (Lipinski definition) is 1. The Balaban J connectivity index is 2.55. The lowest BCUT2D eigenvalue weighted by Gasteiger charge is -2.28. The lowest BCUT2D eigenvalue weighted by Crippen LogP contribution is -2.43. The molecule has 0 saturated heterocycles. The molecule has 0 aliphatic rings. The van der Waals surface area contributed by atoms with E-state index in [-0.39, 0.29) is 5.54 Å². The first kappa shape index (κ1) is 16.5. The van der Waals surface area contributed by atoms with Crippen molar-refractivity contribution in [2.45, 2.75) is 45.6 Å². The molecule has 0 radical (unpaired) electrons. The number of nitrogens with zero attached hydrogens (tertiary/aromatic N) is 2. The average molecular weight is 273 g/mol. The number of aryl methyl sites for hydroxylation is 1. The SMILES string of the molecule is CCNC(C#N)(CC)CCCN(C)c1ccccc1C. The van der Waals surface area contributed by atoms with Gasteiger partial charge in [0.1, 0.15) is 5.54 Å². The lowest BCUT2D eigenvalue weighted by atomic mass is 9.92. The fourth-order valence-electron chi connectivity index (χ4n) is 2.63. The highest BCUT2D eigenvalue weighted by atomic mass is 15.1. The zero-order valence-corrected chi connectivity index (χ0v) is 13.2. The molecule has 0 spiro atoms. The summed E-state index contributed by atoms with van der Waals surface area (Å²) in [7, 11) is 2.12. The first-order valence-corrected chi connectivity index (χ1v) is 7.51. The first-order valence-electron chi connectivity index (χ1n) is 7.51. The number of nitrogens with one attached hydrogen (secondary N) is 1. The topological polar surface area (TPSA) is 39.1 Å². The molecule has 20 heavy (non-hydrogen) atoms. The van der Waals surface area contributed by atoms with Crippen LogP contribution in [-0.2, 0) is 0 Å². The van der Waals surface area contributed by atoms with Crippen molar-refractivity contribution in [3.05, 3.63) is 29.8 Å². The number of para-hydroxylation sites is 1. The van der Waals surface area contributed by atoms with Crippen molar-refractivity contribution in [2.24, 2.45) is 0 Å². The zero-order valence-electron chi connectivity index (χ0n) is 13.2. The molecular weight excluding hydrogens is 246 g/mol. The summed E-state index contributed by atoms with van der Waals surface area (Å²) in [6.07, 6.45) is 2.76. The van der Waals surface area contributed by atoms with Gasteiger partial charge in [-0.25, -0.2) is 0 Å². The predicted molar refractivity (Wildman–Crippen MR) is 86.0 cm³/mol. The van der Waals surface area contributed by atoms with Gasteiger partial charge in [0.25, 0.3) is 0 Å². The molecule has 0 bridgehead atoms. The molecule has 1 N–H and O–H groups in total. The third-order valence-corrected chi connectivity index (χ3v) is 3.96. The smallest absolute Gasteiger partial charge is 0.106 e. The van der Waals surface area contributed by atoms with Gasteiger partial charge >= 0.3 is 0 Å². The van der Waals surface area contributed by atoms with Gasteiger partial charge in [-0.15, -0.1) is 0 Å². The molecule has 3 nitrogen and oxygen atoms in total. The van der Waals surface area contributed by atoms with E-state index in [0.29, 0.717) is 0 Å². The van der Waals surface area contributed by atoms with Gasteiger partial charge in [-0.2, -0.15) is 5.26 Å². The van der Waals surface area contributed by atoms with E-state index < -0.39 is 0 Å². The van der Waals surface area contributed by atoms with Gasteiger partial charge in [0, 0.05) is 19.3 Å². The Kier molecular flexibility index (Phi) is 6.54. The molecule has 0 aliphatic carbocycles. The van der Waals surface area contributed by atoms with Crippen LogP contribution < -0.4 is 10.2 Å². The molecule has 0 amide bonds. The van der Waals surface area contributed by atoms with E-state index in [2.05, 4.69) is 68.4 Å². The highest BCUT2D eigenvalue weighted by Gasteiger charge is 2.25. The normalized spacial score (nSPS) is 13.6. The molecule has 1 aromatic rings. The monoisotopic (exact) mass is 273 g/mol. The summed E-state index contributed by atoms with van der Waals surface area (Å²) in [5.74, 6) is 0. The zero-order chi connectivity index (χ0) is 15.0. The minimum Gasteiger partial charge on any atom is -0.374 e. The van der Waals surface area contributed by atoms with Crippen molar-refractivity contribution < 1.29 is 0 Å². The number of rotatable bonds is 8. The van der Waals surface area contributed by atoms with Gasteiger partial charge in [0.15, 0.2) is 0 Å². The molecule has 0 heterocycles. The maximum atomic E-state index is 9.41. The second kappa shape index (κ2) is 7.91. The number of hydrogen-bond acceptors (Lipinski definition) is 3. The van der Waals surface area contributed by atoms with Crippen molar-refractivity contribution >= 4 is 5.69 Å². The van der Waals surface area contributed by atoms with Gasteiger partial charge in [0.2, 0.25) is 0 Å². The van der Waals surface area contributed by atoms with Crippen LogP contribution in [0.3, 0.4) is 0 Å². The van der Waals surface area contributed by atoms with Crippen LogP contribution in [0.5, 0.6) is 0 Å². The number of anilines is 1. The minimum absolute atomic E-state index is 0.360. The highest BCUT2D eigenvalue weighted by molar-refractivity contribution is 5.52. The second-order valence-electron chi connectivity index (χ2n) is 5.39. The Hall–Kier alpha value is -1.53.